The van der Waals surface area contributed by atoms with E-state index in [2.05, 4.69) is 0 Å². The lowest BCUT2D eigenvalue weighted by Crippen LogP contribution is -2.38. The Morgan fingerprint density at radius 1 is 1.35 bits per heavy atom. The van der Waals surface area contributed by atoms with Gasteiger partial charge in [-0.1, -0.05) is 24.6 Å². The molecule has 1 N–H and O–H groups in total. The zero-order valence-electron chi connectivity index (χ0n) is 10.5. The summed E-state index contributed by atoms with van der Waals surface area (Å²) in [6.07, 6.45) is -4.63. The fourth-order valence-electron chi connectivity index (χ4n) is 1.53. The number of hydrogen-bond donors (Lipinski definition) is 1. The molecule has 114 valence electrons. The normalized spacial score (nSPS) is 12.9. The molecule has 0 aliphatic rings. The van der Waals surface area contributed by atoms with Gasteiger partial charge in [-0.05, 0) is 17.7 Å². The highest BCUT2D eigenvalue weighted by Crippen LogP contribution is 2.26. The fraction of sp³-hybridized carbons (Fsp3) is 0.455. The molecule has 0 bridgehead atoms. The maximum atomic E-state index is 12.4. The third-order valence-corrected chi connectivity index (χ3v) is 4.81. The quantitative estimate of drug-likeness (QED) is 0.901. The van der Waals surface area contributed by atoms with Crippen molar-refractivity contribution in [3.8, 4) is 0 Å². The first-order valence-corrected chi connectivity index (χ1v) is 7.39. The largest absolute Gasteiger partial charge is 0.402 e. The molecule has 9 heteroatoms. The molecule has 0 saturated heterocycles. The number of alkyl halides is 3. The first kappa shape index (κ1) is 17.2. The van der Waals surface area contributed by atoms with Crippen LogP contribution in [0.3, 0.4) is 0 Å². The van der Waals surface area contributed by atoms with Crippen LogP contribution in [-0.4, -0.2) is 37.1 Å². The second kappa shape index (κ2) is 6.30. The van der Waals surface area contributed by atoms with Gasteiger partial charge in [-0.3, -0.25) is 0 Å². The van der Waals surface area contributed by atoms with Gasteiger partial charge in [0.2, 0.25) is 10.0 Å². The van der Waals surface area contributed by atoms with E-state index >= 15 is 0 Å². The molecule has 0 aromatic heterocycles. The molecule has 1 rings (SSSR count). The summed E-state index contributed by atoms with van der Waals surface area (Å²) in [7, 11) is -4.28. The Hall–Kier alpha value is -0.830. The van der Waals surface area contributed by atoms with Crippen molar-refractivity contribution in [1.29, 1.82) is 0 Å². The molecule has 0 aliphatic heterocycles. The average Bonchev–Trinajstić information content (AvgIpc) is 2.34. The predicted octanol–water partition coefficient (Wildman–Crippen LogP) is 2.41. The van der Waals surface area contributed by atoms with Gasteiger partial charge in [-0.25, -0.2) is 8.42 Å². The summed E-state index contributed by atoms with van der Waals surface area (Å²) < 4.78 is 61.6. The minimum Gasteiger partial charge on any atom is -0.392 e. The van der Waals surface area contributed by atoms with Crippen molar-refractivity contribution in [3.63, 3.8) is 0 Å². The molecule has 0 aliphatic carbocycles. The molecule has 0 saturated carbocycles. The van der Waals surface area contributed by atoms with Crippen molar-refractivity contribution in [1.82, 2.24) is 4.31 Å². The topological polar surface area (TPSA) is 57.6 Å². The molecule has 0 unspecified atom stereocenters. The monoisotopic (exact) mass is 331 g/mol. The molecule has 4 nitrogen and oxygen atoms in total. The smallest absolute Gasteiger partial charge is 0.392 e. The van der Waals surface area contributed by atoms with Gasteiger partial charge >= 0.3 is 6.18 Å². The van der Waals surface area contributed by atoms with E-state index in [4.69, 9.17) is 16.7 Å². The highest BCUT2D eigenvalue weighted by Gasteiger charge is 2.36. The van der Waals surface area contributed by atoms with Crippen molar-refractivity contribution in [3.05, 3.63) is 28.8 Å². The van der Waals surface area contributed by atoms with Gasteiger partial charge in [-0.15, -0.1) is 0 Å². The van der Waals surface area contributed by atoms with Crippen molar-refractivity contribution in [2.75, 3.05) is 13.1 Å². The SMILES string of the molecule is CCN(CC(F)(F)F)S(=O)(=O)c1ccc(CO)c(Cl)c1. The predicted molar refractivity (Wildman–Crippen MR) is 67.9 cm³/mol. The number of hydrogen-bond acceptors (Lipinski definition) is 3. The molecule has 0 fully saturated rings. The van der Waals surface area contributed by atoms with Crippen LogP contribution in [0.4, 0.5) is 13.2 Å². The first-order chi connectivity index (χ1) is 9.11. The molecule has 0 radical (unpaired) electrons. The Bertz CT molecular complexity index is 575. The summed E-state index contributed by atoms with van der Waals surface area (Å²) in [5, 5.41) is 8.91. The number of aliphatic hydroxyl groups excluding tert-OH is 1. The second-order valence-corrected chi connectivity index (χ2v) is 6.30. The molecule has 1 aromatic rings. The van der Waals surface area contributed by atoms with Crippen LogP contribution in [0.15, 0.2) is 23.1 Å². The van der Waals surface area contributed by atoms with Gasteiger partial charge in [0.15, 0.2) is 0 Å². The summed E-state index contributed by atoms with van der Waals surface area (Å²) in [5.74, 6) is 0. The lowest BCUT2D eigenvalue weighted by Gasteiger charge is -2.22. The van der Waals surface area contributed by atoms with E-state index in [1.807, 2.05) is 0 Å². The van der Waals surface area contributed by atoms with Gasteiger partial charge in [0.1, 0.15) is 6.54 Å². The van der Waals surface area contributed by atoms with Gasteiger partial charge < -0.3 is 5.11 Å². The molecule has 0 heterocycles. The number of aliphatic hydroxyl groups is 1. The van der Waals surface area contributed by atoms with Gasteiger partial charge in [0.25, 0.3) is 0 Å². The van der Waals surface area contributed by atoms with Crippen molar-refractivity contribution in [2.45, 2.75) is 24.6 Å². The lowest BCUT2D eigenvalue weighted by atomic mass is 10.2. The summed E-state index contributed by atoms with van der Waals surface area (Å²) in [6.45, 7) is -0.960. The summed E-state index contributed by atoms with van der Waals surface area (Å²) >= 11 is 5.75. The van der Waals surface area contributed by atoms with Crippen LogP contribution in [0.2, 0.25) is 5.02 Å². The number of benzene rings is 1. The standard InChI is InChI=1S/C11H13ClF3NO3S/c1-2-16(7-11(13,14)15)20(18,19)9-4-3-8(6-17)10(12)5-9/h3-5,17H,2,6-7H2,1H3. The van der Waals surface area contributed by atoms with E-state index in [1.54, 1.807) is 0 Å². The summed E-state index contributed by atoms with van der Waals surface area (Å²) in [5.41, 5.74) is 0.296. The Morgan fingerprint density at radius 3 is 2.35 bits per heavy atom. The molecular formula is C11H13ClF3NO3S. The summed E-state index contributed by atoms with van der Waals surface area (Å²) in [4.78, 5) is -0.342. The average molecular weight is 332 g/mol. The minimum absolute atomic E-state index is 0.0170. The maximum Gasteiger partial charge on any atom is 0.402 e. The van der Waals surface area contributed by atoms with Gasteiger partial charge in [0.05, 0.1) is 11.5 Å². The van der Waals surface area contributed by atoms with Gasteiger partial charge in [0, 0.05) is 11.6 Å². The van der Waals surface area contributed by atoms with Crippen molar-refractivity contribution < 1.29 is 26.7 Å². The van der Waals surface area contributed by atoms with E-state index in [9.17, 15) is 21.6 Å². The lowest BCUT2D eigenvalue weighted by molar-refractivity contribution is -0.135. The second-order valence-electron chi connectivity index (χ2n) is 3.96. The van der Waals surface area contributed by atoms with Crippen LogP contribution in [0.1, 0.15) is 12.5 Å². The zero-order valence-corrected chi connectivity index (χ0v) is 12.1. The Balaban J connectivity index is 3.17. The Morgan fingerprint density at radius 2 is 1.95 bits per heavy atom. The molecule has 0 atom stereocenters. The zero-order chi connectivity index (χ0) is 15.6. The Labute approximate surface area is 119 Å². The van der Waals surface area contributed by atoms with E-state index in [0.29, 0.717) is 9.87 Å². The fourth-order valence-corrected chi connectivity index (χ4v) is 3.30. The molecule has 1 aromatic carbocycles. The van der Waals surface area contributed by atoms with Crippen LogP contribution in [0.25, 0.3) is 0 Å². The van der Waals surface area contributed by atoms with Crippen molar-refractivity contribution >= 4 is 21.6 Å². The first-order valence-electron chi connectivity index (χ1n) is 5.58. The molecule has 0 amide bonds. The highest BCUT2D eigenvalue weighted by molar-refractivity contribution is 7.89. The maximum absolute atomic E-state index is 12.4. The number of sulfonamides is 1. The number of halogens is 4. The van der Waals surface area contributed by atoms with E-state index < -0.39 is 22.7 Å². The summed E-state index contributed by atoms with van der Waals surface area (Å²) in [6, 6.07) is 3.41. The number of nitrogens with zero attached hydrogens (tertiary/aromatic N) is 1. The van der Waals surface area contributed by atoms with Crippen LogP contribution >= 0.6 is 11.6 Å². The molecule has 0 spiro atoms. The van der Waals surface area contributed by atoms with Crippen molar-refractivity contribution in [2.24, 2.45) is 0 Å². The van der Waals surface area contributed by atoms with E-state index in [-0.39, 0.29) is 23.1 Å². The van der Waals surface area contributed by atoms with E-state index in [1.165, 1.54) is 13.0 Å². The number of rotatable bonds is 5. The van der Waals surface area contributed by atoms with Crippen LogP contribution in [0, 0.1) is 0 Å². The third-order valence-electron chi connectivity index (χ3n) is 2.54. The van der Waals surface area contributed by atoms with Crippen LogP contribution < -0.4 is 0 Å². The minimum atomic E-state index is -4.63. The molecular weight excluding hydrogens is 319 g/mol. The van der Waals surface area contributed by atoms with Crippen LogP contribution in [0.5, 0.6) is 0 Å². The third kappa shape index (κ3) is 4.08. The molecule has 20 heavy (non-hydrogen) atoms. The van der Waals surface area contributed by atoms with Crippen LogP contribution in [-0.2, 0) is 16.6 Å². The highest BCUT2D eigenvalue weighted by atomic mass is 35.5. The van der Waals surface area contributed by atoms with E-state index in [0.717, 1.165) is 12.1 Å². The Kier molecular flexibility index (Phi) is 5.42. The van der Waals surface area contributed by atoms with Gasteiger partial charge in [-0.2, -0.15) is 17.5 Å².